The van der Waals surface area contributed by atoms with Crippen molar-refractivity contribution in [3.8, 4) is 11.3 Å². The van der Waals surface area contributed by atoms with Crippen molar-refractivity contribution in [1.29, 1.82) is 0 Å². The highest BCUT2D eigenvalue weighted by Crippen LogP contribution is 2.22. The van der Waals surface area contributed by atoms with Gasteiger partial charge in [0.25, 0.3) is 0 Å². The van der Waals surface area contributed by atoms with E-state index in [2.05, 4.69) is 74.1 Å². The van der Waals surface area contributed by atoms with Crippen LogP contribution in [0.4, 0.5) is 5.69 Å². The summed E-state index contributed by atoms with van der Waals surface area (Å²) in [7, 11) is 2.19. The Kier molecular flexibility index (Phi) is 7.34. The Hall–Kier alpha value is -3.30. The van der Waals surface area contributed by atoms with Crippen LogP contribution in [-0.4, -0.2) is 74.2 Å². The normalized spacial score (nSPS) is 14.3. The van der Waals surface area contributed by atoms with Gasteiger partial charge in [0.1, 0.15) is 11.3 Å². The highest BCUT2D eigenvalue weighted by atomic mass is 16.5. The van der Waals surface area contributed by atoms with Gasteiger partial charge in [0, 0.05) is 43.8 Å². The Morgan fingerprint density at radius 2 is 1.94 bits per heavy atom. The van der Waals surface area contributed by atoms with Gasteiger partial charge >= 0.3 is 0 Å². The number of imidazole rings is 1. The molecular weight excluding hydrogens is 440 g/mol. The van der Waals surface area contributed by atoms with Crippen LogP contribution in [0.15, 0.2) is 49.2 Å². The number of unbranched alkanes of at least 4 members (excludes halogenated alkanes) is 2. The summed E-state index contributed by atoms with van der Waals surface area (Å²) < 4.78 is 9.40. The number of nitrogens with zero attached hydrogens (tertiary/aromatic N) is 8. The molecule has 1 fully saturated rings. The number of aromatic nitrogens is 6. The van der Waals surface area contributed by atoms with Crippen molar-refractivity contribution < 1.29 is 4.74 Å². The lowest BCUT2D eigenvalue weighted by molar-refractivity contribution is 0.122. The summed E-state index contributed by atoms with van der Waals surface area (Å²) in [5.74, 6) is 0. The average Bonchev–Trinajstić information content (AvgIpc) is 3.51. The Labute approximate surface area is 206 Å². The lowest BCUT2D eigenvalue weighted by atomic mass is 10.2. The van der Waals surface area contributed by atoms with Gasteiger partial charge in [-0.15, -0.1) is 5.10 Å². The maximum absolute atomic E-state index is 5.46. The summed E-state index contributed by atoms with van der Waals surface area (Å²) in [4.78, 5) is 13.9. The Morgan fingerprint density at radius 3 is 2.80 bits per heavy atom. The van der Waals surface area contributed by atoms with Gasteiger partial charge in [-0.05, 0) is 37.7 Å². The number of pyridine rings is 2. The van der Waals surface area contributed by atoms with Crippen LogP contribution in [0.25, 0.3) is 16.9 Å². The van der Waals surface area contributed by atoms with Gasteiger partial charge in [-0.25, -0.2) is 9.67 Å². The third-order valence-corrected chi connectivity index (χ3v) is 6.42. The quantitative estimate of drug-likeness (QED) is 0.326. The number of ether oxygens (including phenoxy) is 1. The first kappa shape index (κ1) is 23.4. The van der Waals surface area contributed by atoms with Crippen LogP contribution in [0, 0.1) is 0 Å². The second-order valence-corrected chi connectivity index (χ2v) is 9.31. The second kappa shape index (κ2) is 11.0. The van der Waals surface area contributed by atoms with E-state index in [0.717, 1.165) is 67.7 Å². The zero-order valence-electron chi connectivity index (χ0n) is 20.7. The summed E-state index contributed by atoms with van der Waals surface area (Å²) in [5, 5.41) is 8.73. The molecule has 0 atom stereocenters. The molecule has 4 aromatic rings. The van der Waals surface area contributed by atoms with Gasteiger partial charge in [-0.1, -0.05) is 31.0 Å². The minimum atomic E-state index is 0.567. The van der Waals surface area contributed by atoms with Crippen LogP contribution in [-0.2, 0) is 17.8 Å². The largest absolute Gasteiger partial charge is 0.378 e. The smallest absolute Gasteiger partial charge is 0.137 e. The first-order valence-electron chi connectivity index (χ1n) is 12.5. The van der Waals surface area contributed by atoms with E-state index in [0.29, 0.717) is 6.54 Å². The van der Waals surface area contributed by atoms with Gasteiger partial charge in [0.05, 0.1) is 43.5 Å². The van der Waals surface area contributed by atoms with Crippen molar-refractivity contribution in [2.75, 3.05) is 44.8 Å². The standard InChI is InChI=1S/C26H34N8O/c1-3-4-5-8-31(2)16-21-6-7-26-28-23(18-33(26)17-21)19-34-20-25(29-30-34)22-13-24(15-27-14-22)32-9-11-35-12-10-32/h6-7,13-15,17-18,20H,3-5,8-12,16,19H2,1-2H3. The molecule has 0 aliphatic carbocycles. The molecule has 0 bridgehead atoms. The van der Waals surface area contributed by atoms with E-state index < -0.39 is 0 Å². The van der Waals surface area contributed by atoms with Crippen LogP contribution < -0.4 is 4.90 Å². The van der Waals surface area contributed by atoms with Gasteiger partial charge in [0.2, 0.25) is 0 Å². The summed E-state index contributed by atoms with van der Waals surface area (Å²) in [6.45, 7) is 8.12. The molecule has 1 saturated heterocycles. The van der Waals surface area contributed by atoms with Crippen molar-refractivity contribution in [2.45, 2.75) is 39.3 Å². The monoisotopic (exact) mass is 474 g/mol. The van der Waals surface area contributed by atoms with E-state index in [1.54, 1.807) is 0 Å². The molecule has 1 aliphatic rings. The molecule has 5 heterocycles. The molecule has 0 N–H and O–H groups in total. The van der Waals surface area contributed by atoms with Crippen molar-refractivity contribution in [1.82, 2.24) is 34.3 Å². The molecule has 9 nitrogen and oxygen atoms in total. The fourth-order valence-corrected chi connectivity index (χ4v) is 4.52. The van der Waals surface area contributed by atoms with Crippen LogP contribution >= 0.6 is 0 Å². The molecule has 0 spiro atoms. The van der Waals surface area contributed by atoms with E-state index in [1.165, 1.54) is 24.8 Å². The molecule has 4 aromatic heterocycles. The van der Waals surface area contributed by atoms with Crippen molar-refractivity contribution in [2.24, 2.45) is 0 Å². The Bertz CT molecular complexity index is 1240. The first-order chi connectivity index (χ1) is 17.2. The zero-order chi connectivity index (χ0) is 24.0. The minimum absolute atomic E-state index is 0.567. The molecule has 184 valence electrons. The van der Waals surface area contributed by atoms with Crippen molar-refractivity contribution in [3.63, 3.8) is 0 Å². The van der Waals surface area contributed by atoms with Crippen LogP contribution in [0.1, 0.15) is 37.4 Å². The third kappa shape index (κ3) is 5.86. The zero-order valence-corrected chi connectivity index (χ0v) is 20.7. The molecule has 5 rings (SSSR count). The summed E-state index contributed by atoms with van der Waals surface area (Å²) in [6.07, 6.45) is 13.7. The lowest BCUT2D eigenvalue weighted by Gasteiger charge is -2.28. The van der Waals surface area contributed by atoms with Crippen LogP contribution in [0.2, 0.25) is 0 Å². The summed E-state index contributed by atoms with van der Waals surface area (Å²) in [5.41, 5.74) is 6.05. The number of morpholine rings is 1. The predicted molar refractivity (Wildman–Crippen MR) is 136 cm³/mol. The fourth-order valence-electron chi connectivity index (χ4n) is 4.52. The number of anilines is 1. The minimum Gasteiger partial charge on any atom is -0.378 e. The fraction of sp³-hybridized carbons (Fsp3) is 0.462. The SMILES string of the molecule is CCCCCN(C)Cc1ccc2nc(Cn3cc(-c4cncc(N5CCOCC5)c4)nn3)cn2c1. The van der Waals surface area contributed by atoms with Crippen molar-refractivity contribution >= 4 is 11.3 Å². The molecule has 0 radical (unpaired) electrons. The number of fused-ring (bicyclic) bond motifs is 1. The maximum Gasteiger partial charge on any atom is 0.137 e. The van der Waals surface area contributed by atoms with E-state index in [1.807, 2.05) is 23.3 Å². The molecule has 0 amide bonds. The number of rotatable bonds is 10. The predicted octanol–water partition coefficient (Wildman–Crippen LogP) is 3.49. The molecule has 0 unspecified atom stereocenters. The molecule has 9 heteroatoms. The third-order valence-electron chi connectivity index (χ3n) is 6.42. The van der Waals surface area contributed by atoms with E-state index in [-0.39, 0.29) is 0 Å². The Morgan fingerprint density at radius 1 is 1.06 bits per heavy atom. The van der Waals surface area contributed by atoms with Crippen LogP contribution in [0.3, 0.4) is 0 Å². The number of hydrogen-bond acceptors (Lipinski definition) is 7. The summed E-state index contributed by atoms with van der Waals surface area (Å²) >= 11 is 0. The van der Waals surface area contributed by atoms with E-state index >= 15 is 0 Å². The highest BCUT2D eigenvalue weighted by Gasteiger charge is 2.14. The molecule has 35 heavy (non-hydrogen) atoms. The molecular formula is C26H34N8O. The maximum atomic E-state index is 5.46. The number of hydrogen-bond donors (Lipinski definition) is 0. The molecule has 0 aromatic carbocycles. The molecule has 1 aliphatic heterocycles. The second-order valence-electron chi connectivity index (χ2n) is 9.31. The molecule has 0 saturated carbocycles. The van der Waals surface area contributed by atoms with Gasteiger partial charge < -0.3 is 18.9 Å². The van der Waals surface area contributed by atoms with E-state index in [9.17, 15) is 0 Å². The lowest BCUT2D eigenvalue weighted by Crippen LogP contribution is -2.36. The van der Waals surface area contributed by atoms with Gasteiger partial charge in [0.15, 0.2) is 0 Å². The Balaban J connectivity index is 1.25. The van der Waals surface area contributed by atoms with Gasteiger partial charge in [-0.2, -0.15) is 0 Å². The average molecular weight is 475 g/mol. The van der Waals surface area contributed by atoms with Gasteiger partial charge in [-0.3, -0.25) is 4.98 Å². The topological polar surface area (TPSA) is 76.6 Å². The van der Waals surface area contributed by atoms with E-state index in [4.69, 9.17) is 9.72 Å². The van der Waals surface area contributed by atoms with Crippen molar-refractivity contribution in [3.05, 3.63) is 60.4 Å². The highest BCUT2D eigenvalue weighted by molar-refractivity contribution is 5.63. The summed E-state index contributed by atoms with van der Waals surface area (Å²) in [6, 6.07) is 6.39. The first-order valence-corrected chi connectivity index (χ1v) is 12.5. The van der Waals surface area contributed by atoms with Crippen LogP contribution in [0.5, 0.6) is 0 Å².